The Labute approximate surface area is 100 Å². The van der Waals surface area contributed by atoms with Gasteiger partial charge in [0.2, 0.25) is 0 Å². The second kappa shape index (κ2) is 4.57. The molecule has 2 heterocycles. The summed E-state index contributed by atoms with van der Waals surface area (Å²) in [5.74, 6) is 1.78. The maximum atomic E-state index is 5.82. The van der Waals surface area contributed by atoms with E-state index >= 15 is 0 Å². The standard InChI is InChI=1S/C11H18N6/c1-4-16-6-5-13-9(16)7-17-10(8(2)3)11(12)14-15-17/h5-6,8H,4,7,12H2,1-3H3. The maximum absolute atomic E-state index is 5.82. The molecule has 6 nitrogen and oxygen atoms in total. The van der Waals surface area contributed by atoms with Crippen LogP contribution in [0.4, 0.5) is 5.82 Å². The topological polar surface area (TPSA) is 74.5 Å². The number of aromatic nitrogens is 5. The van der Waals surface area contributed by atoms with Crippen molar-refractivity contribution in [1.29, 1.82) is 0 Å². The van der Waals surface area contributed by atoms with E-state index in [9.17, 15) is 0 Å². The van der Waals surface area contributed by atoms with E-state index in [0.717, 1.165) is 18.1 Å². The van der Waals surface area contributed by atoms with Crippen LogP contribution in [0.2, 0.25) is 0 Å². The van der Waals surface area contributed by atoms with E-state index in [1.807, 2.05) is 10.9 Å². The number of anilines is 1. The molecule has 0 bridgehead atoms. The zero-order valence-corrected chi connectivity index (χ0v) is 10.5. The van der Waals surface area contributed by atoms with Crippen LogP contribution in [0.15, 0.2) is 12.4 Å². The molecule has 0 aliphatic rings. The van der Waals surface area contributed by atoms with Crippen LogP contribution in [0, 0.1) is 0 Å². The molecule has 0 atom stereocenters. The minimum atomic E-state index is 0.301. The summed E-state index contributed by atoms with van der Waals surface area (Å²) in [7, 11) is 0. The number of imidazole rings is 1. The molecule has 0 amide bonds. The Hall–Kier alpha value is -1.85. The van der Waals surface area contributed by atoms with Gasteiger partial charge in [-0.15, -0.1) is 5.10 Å². The molecule has 6 heteroatoms. The van der Waals surface area contributed by atoms with Crippen LogP contribution in [0.5, 0.6) is 0 Å². The molecule has 17 heavy (non-hydrogen) atoms. The number of nitrogens with two attached hydrogens (primary N) is 1. The Bertz CT molecular complexity index is 496. The zero-order valence-electron chi connectivity index (χ0n) is 10.5. The normalized spacial score (nSPS) is 11.3. The third-order valence-electron chi connectivity index (χ3n) is 2.78. The van der Waals surface area contributed by atoms with Crippen molar-refractivity contribution in [3.8, 4) is 0 Å². The summed E-state index contributed by atoms with van der Waals surface area (Å²) in [5.41, 5.74) is 6.79. The lowest BCUT2D eigenvalue weighted by Crippen LogP contribution is -2.12. The molecule has 0 aliphatic carbocycles. The molecule has 0 saturated heterocycles. The summed E-state index contributed by atoms with van der Waals surface area (Å²) >= 11 is 0. The van der Waals surface area contributed by atoms with Crippen molar-refractivity contribution in [2.75, 3.05) is 5.73 Å². The summed E-state index contributed by atoms with van der Waals surface area (Å²) < 4.78 is 3.91. The van der Waals surface area contributed by atoms with Gasteiger partial charge in [0.25, 0.3) is 0 Å². The molecule has 92 valence electrons. The van der Waals surface area contributed by atoms with Crippen molar-refractivity contribution < 1.29 is 0 Å². The van der Waals surface area contributed by atoms with Gasteiger partial charge in [-0.3, -0.25) is 0 Å². The fourth-order valence-electron chi connectivity index (χ4n) is 1.96. The second-order valence-corrected chi connectivity index (χ2v) is 4.30. The van der Waals surface area contributed by atoms with Gasteiger partial charge in [-0.1, -0.05) is 19.1 Å². The first kappa shape index (κ1) is 11.6. The van der Waals surface area contributed by atoms with Crippen LogP contribution >= 0.6 is 0 Å². The highest BCUT2D eigenvalue weighted by atomic mass is 15.4. The van der Waals surface area contributed by atoms with Crippen LogP contribution in [-0.2, 0) is 13.1 Å². The summed E-state index contributed by atoms with van der Waals surface area (Å²) in [6.07, 6.45) is 3.76. The van der Waals surface area contributed by atoms with Crippen molar-refractivity contribution in [1.82, 2.24) is 24.5 Å². The van der Waals surface area contributed by atoms with Crippen molar-refractivity contribution in [3.05, 3.63) is 23.9 Å². The lowest BCUT2D eigenvalue weighted by Gasteiger charge is -2.10. The third-order valence-corrected chi connectivity index (χ3v) is 2.78. The van der Waals surface area contributed by atoms with Crippen LogP contribution in [0.3, 0.4) is 0 Å². The van der Waals surface area contributed by atoms with Crippen LogP contribution < -0.4 is 5.73 Å². The number of hydrogen-bond donors (Lipinski definition) is 1. The average molecular weight is 234 g/mol. The molecule has 0 aliphatic heterocycles. The number of rotatable bonds is 4. The SMILES string of the molecule is CCn1ccnc1Cn1nnc(N)c1C(C)C. The molecule has 2 rings (SSSR count). The molecule has 2 N–H and O–H groups in total. The number of aryl methyl sites for hydroxylation is 1. The lowest BCUT2D eigenvalue weighted by atomic mass is 10.1. The van der Waals surface area contributed by atoms with Gasteiger partial charge in [0.1, 0.15) is 12.4 Å². The monoisotopic (exact) mass is 234 g/mol. The predicted octanol–water partition coefficient (Wildman–Crippen LogP) is 1.25. The van der Waals surface area contributed by atoms with Crippen molar-refractivity contribution in [2.45, 2.75) is 39.8 Å². The van der Waals surface area contributed by atoms with Crippen LogP contribution in [-0.4, -0.2) is 24.5 Å². The highest BCUT2D eigenvalue weighted by Crippen LogP contribution is 2.19. The number of hydrogen-bond acceptors (Lipinski definition) is 4. The lowest BCUT2D eigenvalue weighted by molar-refractivity contribution is 0.556. The average Bonchev–Trinajstić information content (AvgIpc) is 2.86. The number of nitrogen functional groups attached to an aromatic ring is 1. The molecule has 2 aromatic rings. The first-order valence-electron chi connectivity index (χ1n) is 5.82. The quantitative estimate of drug-likeness (QED) is 0.864. The molecule has 0 unspecified atom stereocenters. The second-order valence-electron chi connectivity index (χ2n) is 4.30. The van der Waals surface area contributed by atoms with Crippen molar-refractivity contribution in [3.63, 3.8) is 0 Å². The minimum absolute atomic E-state index is 0.301. The third kappa shape index (κ3) is 2.15. The van der Waals surface area contributed by atoms with Gasteiger partial charge in [-0.05, 0) is 12.8 Å². The van der Waals surface area contributed by atoms with E-state index in [0.29, 0.717) is 18.3 Å². The smallest absolute Gasteiger partial charge is 0.169 e. The van der Waals surface area contributed by atoms with Gasteiger partial charge in [0, 0.05) is 18.9 Å². The Morgan fingerprint density at radius 1 is 1.41 bits per heavy atom. The van der Waals surface area contributed by atoms with Gasteiger partial charge in [0.15, 0.2) is 5.82 Å². The summed E-state index contributed by atoms with van der Waals surface area (Å²) in [5, 5.41) is 8.00. The zero-order chi connectivity index (χ0) is 12.4. The fourth-order valence-corrected chi connectivity index (χ4v) is 1.96. The predicted molar refractivity (Wildman–Crippen MR) is 65.5 cm³/mol. The highest BCUT2D eigenvalue weighted by Gasteiger charge is 2.15. The highest BCUT2D eigenvalue weighted by molar-refractivity contribution is 5.35. The molecule has 0 saturated carbocycles. The molecule has 0 spiro atoms. The Balaban J connectivity index is 2.30. The summed E-state index contributed by atoms with van der Waals surface area (Å²) in [6.45, 7) is 7.76. The van der Waals surface area contributed by atoms with E-state index < -0.39 is 0 Å². The van der Waals surface area contributed by atoms with Crippen LogP contribution in [0.1, 0.15) is 38.2 Å². The Morgan fingerprint density at radius 2 is 2.18 bits per heavy atom. The van der Waals surface area contributed by atoms with Crippen molar-refractivity contribution in [2.24, 2.45) is 0 Å². The van der Waals surface area contributed by atoms with E-state index in [2.05, 4.69) is 40.6 Å². The van der Waals surface area contributed by atoms with Crippen molar-refractivity contribution >= 4 is 5.82 Å². The van der Waals surface area contributed by atoms with E-state index in [1.54, 1.807) is 6.20 Å². The van der Waals surface area contributed by atoms with Gasteiger partial charge < -0.3 is 10.3 Å². The molecule has 0 aromatic carbocycles. The van der Waals surface area contributed by atoms with Gasteiger partial charge in [-0.2, -0.15) is 0 Å². The summed E-state index contributed by atoms with van der Waals surface area (Å²) in [4.78, 5) is 4.33. The first-order valence-corrected chi connectivity index (χ1v) is 5.82. The minimum Gasteiger partial charge on any atom is -0.381 e. The Kier molecular flexibility index (Phi) is 3.12. The Morgan fingerprint density at radius 3 is 2.82 bits per heavy atom. The summed E-state index contributed by atoms with van der Waals surface area (Å²) in [6, 6.07) is 0. The number of nitrogens with zero attached hydrogens (tertiary/aromatic N) is 5. The molecule has 2 aromatic heterocycles. The van der Waals surface area contributed by atoms with Gasteiger partial charge in [-0.25, -0.2) is 9.67 Å². The van der Waals surface area contributed by atoms with Gasteiger partial charge in [0.05, 0.1) is 5.69 Å². The van der Waals surface area contributed by atoms with E-state index in [-0.39, 0.29) is 0 Å². The fraction of sp³-hybridized carbons (Fsp3) is 0.545. The first-order chi connectivity index (χ1) is 8.13. The molecular weight excluding hydrogens is 216 g/mol. The van der Waals surface area contributed by atoms with Gasteiger partial charge >= 0.3 is 0 Å². The maximum Gasteiger partial charge on any atom is 0.169 e. The molecular formula is C11H18N6. The molecule has 0 radical (unpaired) electrons. The van der Waals surface area contributed by atoms with Crippen LogP contribution in [0.25, 0.3) is 0 Å². The van der Waals surface area contributed by atoms with E-state index in [1.165, 1.54) is 0 Å². The van der Waals surface area contributed by atoms with E-state index in [4.69, 9.17) is 5.73 Å². The molecule has 0 fully saturated rings. The largest absolute Gasteiger partial charge is 0.381 e.